The van der Waals surface area contributed by atoms with E-state index in [0.717, 1.165) is 24.8 Å². The fourth-order valence-corrected chi connectivity index (χ4v) is 2.57. The van der Waals surface area contributed by atoms with Gasteiger partial charge in [0.15, 0.2) is 0 Å². The number of amides is 1. The minimum atomic E-state index is -0.907. The molecule has 0 heterocycles. The summed E-state index contributed by atoms with van der Waals surface area (Å²) in [5, 5.41) is 13.6. The van der Waals surface area contributed by atoms with Crippen LogP contribution in [0.1, 0.15) is 37.7 Å². The molecule has 6 heteroatoms. The Morgan fingerprint density at radius 3 is 2.60 bits per heavy atom. The highest BCUT2D eigenvalue weighted by molar-refractivity contribution is 5.99. The molecule has 0 spiro atoms. The smallest absolute Gasteiger partial charge is 0.292 e. The standard InChI is InChI=1S/C14H19N3O3/c1-10-5-6-12(17(19)20)11(9-10)16-13(18)14(15)7-3-2-4-8-14/h5-6,9H,2-4,7-8,15H2,1H3,(H,16,18). The summed E-state index contributed by atoms with van der Waals surface area (Å²) >= 11 is 0. The Hall–Kier alpha value is -1.95. The molecule has 6 nitrogen and oxygen atoms in total. The minimum Gasteiger partial charge on any atom is -0.319 e. The third-order valence-corrected chi connectivity index (χ3v) is 3.79. The number of nitro groups is 1. The third-order valence-electron chi connectivity index (χ3n) is 3.79. The summed E-state index contributed by atoms with van der Waals surface area (Å²) < 4.78 is 0. The lowest BCUT2D eigenvalue weighted by atomic mass is 9.82. The molecule has 2 rings (SSSR count). The third kappa shape index (κ3) is 2.96. The van der Waals surface area contributed by atoms with Crippen LogP contribution in [0.3, 0.4) is 0 Å². The lowest BCUT2D eigenvalue weighted by molar-refractivity contribution is -0.383. The van der Waals surface area contributed by atoms with Gasteiger partial charge in [0.1, 0.15) is 5.69 Å². The summed E-state index contributed by atoms with van der Waals surface area (Å²) in [6.45, 7) is 1.82. The first kappa shape index (κ1) is 14.5. The van der Waals surface area contributed by atoms with E-state index in [1.165, 1.54) is 6.07 Å². The number of aryl methyl sites for hydroxylation is 1. The number of nitrogens with one attached hydrogen (secondary N) is 1. The first-order valence-electron chi connectivity index (χ1n) is 6.78. The Bertz CT molecular complexity index is 536. The number of anilines is 1. The second kappa shape index (κ2) is 5.58. The van der Waals surface area contributed by atoms with E-state index in [2.05, 4.69) is 5.32 Å². The summed E-state index contributed by atoms with van der Waals surface area (Å²) in [5.74, 6) is -0.328. The van der Waals surface area contributed by atoms with Crippen LogP contribution in [-0.2, 0) is 4.79 Å². The Morgan fingerprint density at radius 1 is 1.35 bits per heavy atom. The number of nitrogens with two attached hydrogens (primary N) is 1. The molecule has 0 radical (unpaired) electrons. The number of hydrogen-bond acceptors (Lipinski definition) is 4. The lowest BCUT2D eigenvalue weighted by Crippen LogP contribution is -2.52. The fourth-order valence-electron chi connectivity index (χ4n) is 2.57. The van der Waals surface area contributed by atoms with E-state index in [9.17, 15) is 14.9 Å². The molecule has 108 valence electrons. The highest BCUT2D eigenvalue weighted by Crippen LogP contribution is 2.30. The van der Waals surface area contributed by atoms with Crippen molar-refractivity contribution in [2.45, 2.75) is 44.6 Å². The molecule has 1 aromatic carbocycles. The first-order valence-corrected chi connectivity index (χ1v) is 6.78. The van der Waals surface area contributed by atoms with Gasteiger partial charge in [-0.15, -0.1) is 0 Å². The molecular formula is C14H19N3O3. The summed E-state index contributed by atoms with van der Waals surface area (Å²) in [4.78, 5) is 22.8. The van der Waals surface area contributed by atoms with Crippen molar-refractivity contribution in [3.63, 3.8) is 0 Å². The van der Waals surface area contributed by atoms with Crippen LogP contribution in [0.5, 0.6) is 0 Å². The van der Waals surface area contributed by atoms with Crippen LogP contribution in [0, 0.1) is 17.0 Å². The van der Waals surface area contributed by atoms with Crippen LogP contribution in [-0.4, -0.2) is 16.4 Å². The van der Waals surface area contributed by atoms with E-state index < -0.39 is 10.5 Å². The van der Waals surface area contributed by atoms with Crippen molar-refractivity contribution in [2.75, 3.05) is 5.32 Å². The molecular weight excluding hydrogens is 258 g/mol. The van der Waals surface area contributed by atoms with E-state index in [0.29, 0.717) is 12.8 Å². The van der Waals surface area contributed by atoms with Gasteiger partial charge in [0.2, 0.25) is 5.91 Å². The Morgan fingerprint density at radius 2 is 2.00 bits per heavy atom. The summed E-state index contributed by atoms with van der Waals surface area (Å²) in [7, 11) is 0. The van der Waals surface area contributed by atoms with Crippen LogP contribution >= 0.6 is 0 Å². The maximum absolute atomic E-state index is 12.3. The molecule has 1 aliphatic rings. The number of carbonyl (C=O) groups is 1. The Labute approximate surface area is 117 Å². The van der Waals surface area contributed by atoms with Gasteiger partial charge < -0.3 is 11.1 Å². The molecule has 0 aromatic heterocycles. The van der Waals surface area contributed by atoms with Crippen LogP contribution < -0.4 is 11.1 Å². The van der Waals surface area contributed by atoms with Gasteiger partial charge in [-0.25, -0.2) is 0 Å². The fraction of sp³-hybridized carbons (Fsp3) is 0.500. The molecule has 3 N–H and O–H groups in total. The monoisotopic (exact) mass is 277 g/mol. The minimum absolute atomic E-state index is 0.108. The summed E-state index contributed by atoms with van der Waals surface area (Å²) in [5.41, 5.74) is 6.18. The maximum atomic E-state index is 12.3. The van der Waals surface area contributed by atoms with E-state index in [-0.39, 0.29) is 17.3 Å². The number of carbonyl (C=O) groups excluding carboxylic acids is 1. The van der Waals surface area contributed by atoms with E-state index in [1.807, 2.05) is 6.92 Å². The van der Waals surface area contributed by atoms with Crippen molar-refractivity contribution in [1.29, 1.82) is 0 Å². The van der Waals surface area contributed by atoms with Crippen molar-refractivity contribution < 1.29 is 9.72 Å². The highest BCUT2D eigenvalue weighted by Gasteiger charge is 2.36. The van der Waals surface area contributed by atoms with E-state index >= 15 is 0 Å². The van der Waals surface area contributed by atoms with Gasteiger partial charge in [-0.3, -0.25) is 14.9 Å². The van der Waals surface area contributed by atoms with Gasteiger partial charge >= 0.3 is 0 Å². The molecule has 0 aliphatic heterocycles. The van der Waals surface area contributed by atoms with Gasteiger partial charge in [0.05, 0.1) is 10.5 Å². The van der Waals surface area contributed by atoms with E-state index in [4.69, 9.17) is 5.73 Å². The molecule has 1 saturated carbocycles. The number of nitro benzene ring substituents is 1. The second-order valence-corrected chi connectivity index (χ2v) is 5.45. The van der Waals surface area contributed by atoms with Crippen LogP contribution in [0.25, 0.3) is 0 Å². The largest absolute Gasteiger partial charge is 0.319 e. The van der Waals surface area contributed by atoms with Gasteiger partial charge in [-0.1, -0.05) is 25.3 Å². The summed E-state index contributed by atoms with van der Waals surface area (Å²) in [6.07, 6.45) is 4.16. The van der Waals surface area contributed by atoms with Crippen LogP contribution in [0.15, 0.2) is 18.2 Å². The van der Waals surface area contributed by atoms with Gasteiger partial charge in [0, 0.05) is 6.07 Å². The van der Waals surface area contributed by atoms with Gasteiger partial charge in [-0.05, 0) is 31.4 Å². The molecule has 1 aliphatic carbocycles. The zero-order valence-corrected chi connectivity index (χ0v) is 11.5. The second-order valence-electron chi connectivity index (χ2n) is 5.45. The molecule has 0 unspecified atom stereocenters. The van der Waals surface area contributed by atoms with Gasteiger partial charge in [0.25, 0.3) is 5.69 Å². The number of benzene rings is 1. The van der Waals surface area contributed by atoms with Crippen molar-refractivity contribution in [3.8, 4) is 0 Å². The molecule has 1 amide bonds. The predicted octanol–water partition coefficient (Wildman–Crippen LogP) is 2.50. The van der Waals surface area contributed by atoms with Crippen molar-refractivity contribution in [2.24, 2.45) is 5.73 Å². The zero-order valence-electron chi connectivity index (χ0n) is 11.5. The van der Waals surface area contributed by atoms with Crippen molar-refractivity contribution in [3.05, 3.63) is 33.9 Å². The average Bonchev–Trinajstić information content (AvgIpc) is 2.39. The lowest BCUT2D eigenvalue weighted by Gasteiger charge is -2.31. The van der Waals surface area contributed by atoms with Crippen molar-refractivity contribution in [1.82, 2.24) is 0 Å². The van der Waals surface area contributed by atoms with Crippen LogP contribution in [0.2, 0.25) is 0 Å². The molecule has 0 saturated heterocycles. The first-order chi connectivity index (χ1) is 9.42. The zero-order chi connectivity index (χ0) is 14.8. The topological polar surface area (TPSA) is 98.3 Å². The quantitative estimate of drug-likeness (QED) is 0.655. The van der Waals surface area contributed by atoms with E-state index in [1.54, 1.807) is 12.1 Å². The molecule has 0 bridgehead atoms. The number of nitrogens with zero attached hydrogens (tertiary/aromatic N) is 1. The Kier molecular flexibility index (Phi) is 4.04. The molecule has 20 heavy (non-hydrogen) atoms. The average molecular weight is 277 g/mol. The predicted molar refractivity (Wildman–Crippen MR) is 76.5 cm³/mol. The van der Waals surface area contributed by atoms with Crippen molar-refractivity contribution >= 4 is 17.3 Å². The SMILES string of the molecule is Cc1ccc([N+](=O)[O-])c(NC(=O)C2(N)CCCCC2)c1. The normalized spacial score (nSPS) is 17.5. The Balaban J connectivity index is 2.23. The van der Waals surface area contributed by atoms with Gasteiger partial charge in [-0.2, -0.15) is 0 Å². The number of hydrogen-bond donors (Lipinski definition) is 2. The molecule has 1 aromatic rings. The summed E-state index contributed by atoms with van der Waals surface area (Å²) in [6, 6.07) is 4.64. The number of rotatable bonds is 3. The highest BCUT2D eigenvalue weighted by atomic mass is 16.6. The molecule has 0 atom stereocenters. The molecule has 1 fully saturated rings. The maximum Gasteiger partial charge on any atom is 0.292 e. The van der Waals surface area contributed by atoms with Crippen LogP contribution in [0.4, 0.5) is 11.4 Å².